The lowest BCUT2D eigenvalue weighted by Gasteiger charge is -2.29. The van der Waals surface area contributed by atoms with E-state index in [2.05, 4.69) is 62.0 Å². The van der Waals surface area contributed by atoms with E-state index in [9.17, 15) is 0 Å². The predicted molar refractivity (Wildman–Crippen MR) is 120 cm³/mol. The fourth-order valence-corrected chi connectivity index (χ4v) is 4.38. The van der Waals surface area contributed by atoms with Crippen molar-refractivity contribution in [2.45, 2.75) is 76.7 Å². The summed E-state index contributed by atoms with van der Waals surface area (Å²) in [6.07, 6.45) is 11.8. The van der Waals surface area contributed by atoms with E-state index in [1.165, 1.54) is 67.2 Å². The maximum Gasteiger partial charge on any atom is 0.0716 e. The Balaban J connectivity index is 1.46. The fraction of sp³-hybridized carbons (Fsp3) is 0.481. The molecule has 0 radical (unpaired) electrons. The minimum absolute atomic E-state index is 0.718. The van der Waals surface area contributed by atoms with Crippen LogP contribution in [0, 0.1) is 0 Å². The van der Waals surface area contributed by atoms with Crippen molar-refractivity contribution in [1.29, 1.82) is 0 Å². The van der Waals surface area contributed by atoms with E-state index in [4.69, 9.17) is 4.74 Å². The fourth-order valence-electron chi connectivity index (χ4n) is 4.38. The molecule has 28 heavy (non-hydrogen) atoms. The number of rotatable bonds is 10. The molecule has 0 aromatic heterocycles. The van der Waals surface area contributed by atoms with Crippen LogP contribution >= 0.6 is 0 Å². The van der Waals surface area contributed by atoms with Gasteiger partial charge in [-0.25, -0.2) is 0 Å². The molecule has 0 amide bonds. The summed E-state index contributed by atoms with van der Waals surface area (Å²) in [6, 6.07) is 18.4. The summed E-state index contributed by atoms with van der Waals surface area (Å²) in [6.45, 7) is 7.69. The quantitative estimate of drug-likeness (QED) is 0.307. The molecule has 0 saturated heterocycles. The average Bonchev–Trinajstić information content (AvgIpc) is 2.75. The highest BCUT2D eigenvalue weighted by Crippen LogP contribution is 2.40. The summed E-state index contributed by atoms with van der Waals surface area (Å²) in [7, 11) is 0. The van der Waals surface area contributed by atoms with Crippen molar-refractivity contribution >= 4 is 0 Å². The molecule has 1 aliphatic rings. The van der Waals surface area contributed by atoms with Gasteiger partial charge in [-0.3, -0.25) is 0 Å². The molecule has 0 atom stereocenters. The van der Waals surface area contributed by atoms with Crippen molar-refractivity contribution in [1.82, 2.24) is 0 Å². The third-order valence-corrected chi connectivity index (χ3v) is 6.17. The lowest BCUT2D eigenvalue weighted by Crippen LogP contribution is -2.12. The number of hydrogen-bond donors (Lipinski definition) is 0. The predicted octanol–water partition coefficient (Wildman–Crippen LogP) is 7.56. The van der Waals surface area contributed by atoms with E-state index in [1.54, 1.807) is 0 Å². The first-order chi connectivity index (χ1) is 13.8. The Morgan fingerprint density at radius 1 is 0.821 bits per heavy atom. The molecule has 0 N–H and O–H groups in total. The Hall–Kier alpha value is -1.86. The zero-order valence-corrected chi connectivity index (χ0v) is 17.5. The first-order valence-corrected chi connectivity index (χ1v) is 11.2. The topological polar surface area (TPSA) is 9.23 Å². The molecule has 0 spiro atoms. The number of hydrogen-bond acceptors (Lipinski definition) is 1. The molecule has 3 rings (SSSR count). The van der Waals surface area contributed by atoms with Crippen LogP contribution in [-0.2, 0) is 17.8 Å². The van der Waals surface area contributed by atoms with Crippen molar-refractivity contribution in [3.05, 3.63) is 83.4 Å². The van der Waals surface area contributed by atoms with Gasteiger partial charge in [-0.15, -0.1) is 6.58 Å². The molecule has 0 heterocycles. The Kier molecular flexibility index (Phi) is 8.36. The second-order valence-electron chi connectivity index (χ2n) is 8.28. The van der Waals surface area contributed by atoms with Gasteiger partial charge in [0.1, 0.15) is 0 Å². The first-order valence-electron chi connectivity index (χ1n) is 11.2. The zero-order valence-electron chi connectivity index (χ0n) is 17.5. The zero-order chi connectivity index (χ0) is 19.6. The molecule has 1 fully saturated rings. The van der Waals surface area contributed by atoms with Crippen LogP contribution < -0.4 is 0 Å². The van der Waals surface area contributed by atoms with Crippen molar-refractivity contribution in [3.63, 3.8) is 0 Å². The molecule has 0 bridgehead atoms. The molecule has 0 aliphatic heterocycles. The minimum Gasteiger partial charge on any atom is -0.377 e. The molecule has 2 aromatic carbocycles. The van der Waals surface area contributed by atoms with Gasteiger partial charge in [0, 0.05) is 6.61 Å². The third-order valence-electron chi connectivity index (χ3n) is 6.17. The van der Waals surface area contributed by atoms with Gasteiger partial charge >= 0.3 is 0 Å². The van der Waals surface area contributed by atoms with Gasteiger partial charge in [-0.2, -0.15) is 0 Å². The Labute approximate surface area is 171 Å². The van der Waals surface area contributed by atoms with Gasteiger partial charge in [0.2, 0.25) is 0 Å². The van der Waals surface area contributed by atoms with Gasteiger partial charge in [-0.05, 0) is 72.6 Å². The Morgan fingerprint density at radius 2 is 1.36 bits per heavy atom. The number of allylic oxidation sites excluding steroid dienone is 1. The molecule has 1 nitrogen and oxygen atoms in total. The number of benzene rings is 2. The highest BCUT2D eigenvalue weighted by Gasteiger charge is 2.23. The van der Waals surface area contributed by atoms with Crippen LogP contribution in [0.25, 0.3) is 0 Å². The Morgan fingerprint density at radius 3 is 1.86 bits per heavy atom. The van der Waals surface area contributed by atoms with Gasteiger partial charge in [0.25, 0.3) is 0 Å². The van der Waals surface area contributed by atoms with Crippen LogP contribution in [0.3, 0.4) is 0 Å². The van der Waals surface area contributed by atoms with Gasteiger partial charge in [0.15, 0.2) is 0 Å². The van der Waals surface area contributed by atoms with Crippen molar-refractivity contribution in [2.75, 3.05) is 6.61 Å². The normalized spacial score (nSPS) is 19.5. The van der Waals surface area contributed by atoms with E-state index < -0.39 is 0 Å². The summed E-state index contributed by atoms with van der Waals surface area (Å²) >= 11 is 0. The lowest BCUT2D eigenvalue weighted by atomic mass is 9.76. The second kappa shape index (κ2) is 11.2. The van der Waals surface area contributed by atoms with E-state index in [0.717, 1.165) is 31.5 Å². The second-order valence-corrected chi connectivity index (χ2v) is 8.28. The van der Waals surface area contributed by atoms with Crippen LogP contribution in [0.2, 0.25) is 0 Å². The SMILES string of the molecule is C=CCc1ccc([C@H]2CC[C@H](c3ccc(COCCCCC)cc3)CC2)cc1. The third kappa shape index (κ3) is 6.07. The molecule has 0 unspecified atom stereocenters. The van der Waals surface area contributed by atoms with Crippen molar-refractivity contribution in [2.24, 2.45) is 0 Å². The van der Waals surface area contributed by atoms with Crippen LogP contribution in [0.4, 0.5) is 0 Å². The van der Waals surface area contributed by atoms with Crippen LogP contribution in [0.1, 0.15) is 86.0 Å². The first kappa shape index (κ1) is 20.9. The van der Waals surface area contributed by atoms with Gasteiger partial charge in [-0.1, -0.05) is 74.4 Å². The molecule has 1 heteroatoms. The molecular formula is C27H36O. The maximum atomic E-state index is 5.79. The number of unbranched alkanes of at least 4 members (excludes halogenated alkanes) is 2. The smallest absolute Gasteiger partial charge is 0.0716 e. The van der Waals surface area contributed by atoms with Gasteiger partial charge < -0.3 is 4.74 Å². The van der Waals surface area contributed by atoms with Crippen LogP contribution in [0.15, 0.2) is 61.2 Å². The average molecular weight is 377 g/mol. The van der Waals surface area contributed by atoms with E-state index in [0.29, 0.717) is 0 Å². The summed E-state index contributed by atoms with van der Waals surface area (Å²) in [5.41, 5.74) is 5.69. The van der Waals surface area contributed by atoms with Crippen LogP contribution in [0.5, 0.6) is 0 Å². The Bertz CT molecular complexity index is 690. The monoisotopic (exact) mass is 376 g/mol. The van der Waals surface area contributed by atoms with Crippen molar-refractivity contribution < 1.29 is 4.74 Å². The highest BCUT2D eigenvalue weighted by atomic mass is 16.5. The molecule has 1 aliphatic carbocycles. The lowest BCUT2D eigenvalue weighted by molar-refractivity contribution is 0.117. The van der Waals surface area contributed by atoms with Gasteiger partial charge in [0.05, 0.1) is 6.61 Å². The minimum atomic E-state index is 0.718. The van der Waals surface area contributed by atoms with E-state index in [-0.39, 0.29) is 0 Å². The largest absolute Gasteiger partial charge is 0.377 e. The summed E-state index contributed by atoms with van der Waals surface area (Å²) in [5.74, 6) is 1.45. The highest BCUT2D eigenvalue weighted by molar-refractivity contribution is 5.29. The summed E-state index contributed by atoms with van der Waals surface area (Å²) in [4.78, 5) is 0. The molecule has 1 saturated carbocycles. The number of ether oxygens (including phenoxy) is 1. The molecule has 150 valence electrons. The van der Waals surface area contributed by atoms with E-state index >= 15 is 0 Å². The summed E-state index contributed by atoms with van der Waals surface area (Å²) < 4.78 is 5.79. The maximum absolute atomic E-state index is 5.79. The standard InChI is InChI=1S/C27H36O/c1-3-5-6-20-28-21-23-10-14-25(15-11-23)27-18-16-26(17-19-27)24-12-8-22(7-4-2)9-13-24/h4,8-15,26-27H,2-3,5-7,16-21H2,1H3/t26-,27-. The van der Waals surface area contributed by atoms with E-state index in [1.807, 2.05) is 6.08 Å². The molecule has 2 aromatic rings. The van der Waals surface area contributed by atoms with Crippen molar-refractivity contribution in [3.8, 4) is 0 Å². The van der Waals surface area contributed by atoms with Crippen LogP contribution in [-0.4, -0.2) is 6.61 Å². The summed E-state index contributed by atoms with van der Waals surface area (Å²) in [5, 5.41) is 0. The molecular weight excluding hydrogens is 340 g/mol.